The highest BCUT2D eigenvalue weighted by atomic mass is 31.2. The summed E-state index contributed by atoms with van der Waals surface area (Å²) in [5, 5.41) is 0. The lowest BCUT2D eigenvalue weighted by Gasteiger charge is -2.26. The van der Waals surface area contributed by atoms with Crippen molar-refractivity contribution in [2.75, 3.05) is 18.6 Å². The van der Waals surface area contributed by atoms with Crippen molar-refractivity contribution in [3.05, 3.63) is 0 Å². The van der Waals surface area contributed by atoms with Gasteiger partial charge in [0, 0.05) is 12.3 Å². The number of nitrogens with zero attached hydrogens (tertiary/aromatic N) is 1. The number of rotatable bonds is 14. The minimum absolute atomic E-state index is 0.210. The molecule has 0 saturated carbocycles. The van der Waals surface area contributed by atoms with E-state index in [9.17, 15) is 9.36 Å². The molecule has 0 rings (SSSR count). The molecule has 2 unspecified atom stereocenters. The van der Waals surface area contributed by atoms with E-state index in [0.29, 0.717) is 11.8 Å². The maximum absolute atomic E-state index is 13.4. The molecule has 0 bridgehead atoms. The van der Waals surface area contributed by atoms with Gasteiger partial charge >= 0.3 is 0 Å². The predicted octanol–water partition coefficient (Wildman–Crippen LogP) is 6.08. The van der Waals surface area contributed by atoms with Crippen LogP contribution in [0.3, 0.4) is 0 Å². The highest BCUT2D eigenvalue weighted by Gasteiger charge is 2.28. The van der Waals surface area contributed by atoms with E-state index < -0.39 is 7.14 Å². The summed E-state index contributed by atoms with van der Waals surface area (Å²) in [6, 6.07) is 0. The fourth-order valence-corrected chi connectivity index (χ4v) is 6.58. The maximum atomic E-state index is 13.4. The smallest absolute Gasteiger partial charge is 0.235 e. The van der Waals surface area contributed by atoms with Gasteiger partial charge in [-0.3, -0.25) is 0 Å². The zero-order valence-corrected chi connectivity index (χ0v) is 16.0. The number of isocyanates is 1. The summed E-state index contributed by atoms with van der Waals surface area (Å²) in [7, 11) is -2.39. The van der Waals surface area contributed by atoms with Gasteiger partial charge in [-0.05, 0) is 11.8 Å². The Kier molecular flexibility index (Phi) is 12.9. The van der Waals surface area contributed by atoms with E-state index in [1.165, 1.54) is 25.7 Å². The van der Waals surface area contributed by atoms with Gasteiger partial charge in [0.1, 0.15) is 13.4 Å². The van der Waals surface area contributed by atoms with Gasteiger partial charge in [0.25, 0.3) is 0 Å². The van der Waals surface area contributed by atoms with E-state index in [1.54, 1.807) is 6.08 Å². The molecule has 0 saturated heterocycles. The molecule has 0 N–H and O–H groups in total. The van der Waals surface area contributed by atoms with Crippen LogP contribution in [0.15, 0.2) is 4.99 Å². The molecule has 4 heteroatoms. The molecule has 0 aliphatic rings. The molecular formula is C18H36NO2P. The van der Waals surface area contributed by atoms with E-state index in [0.717, 1.165) is 38.0 Å². The van der Waals surface area contributed by atoms with E-state index in [-0.39, 0.29) is 6.29 Å². The summed E-state index contributed by atoms with van der Waals surface area (Å²) in [5.41, 5.74) is 0. The number of unbranched alkanes of at least 4 members (excludes halogenated alkanes) is 2. The fourth-order valence-electron chi connectivity index (χ4n) is 3.12. The fraction of sp³-hybridized carbons (Fsp3) is 0.944. The Morgan fingerprint density at radius 1 is 0.909 bits per heavy atom. The monoisotopic (exact) mass is 329 g/mol. The molecule has 130 valence electrons. The first-order valence-corrected chi connectivity index (χ1v) is 11.4. The summed E-state index contributed by atoms with van der Waals surface area (Å²) in [6.07, 6.45) is 12.5. The molecule has 0 radical (unpaired) electrons. The van der Waals surface area contributed by atoms with Crippen molar-refractivity contribution in [1.29, 1.82) is 0 Å². The van der Waals surface area contributed by atoms with Gasteiger partial charge in [-0.2, -0.15) is 4.99 Å². The molecule has 0 aliphatic carbocycles. The highest BCUT2D eigenvalue weighted by molar-refractivity contribution is 7.63. The van der Waals surface area contributed by atoms with Gasteiger partial charge in [0.15, 0.2) is 0 Å². The van der Waals surface area contributed by atoms with Gasteiger partial charge in [-0.15, -0.1) is 0 Å². The molecule has 0 aromatic heterocycles. The third-order valence-electron chi connectivity index (χ3n) is 4.66. The minimum atomic E-state index is -2.39. The third kappa shape index (κ3) is 9.59. The standard InChI is InChI=1S/C18H36NO2P/c1-5-9-11-17(7-3)13-22(21,16-19-15-20)14-18(8-4)12-10-6-2/h17-18H,5-14,16H2,1-4H3. The Balaban J connectivity index is 4.86. The largest absolute Gasteiger partial charge is 0.322 e. The second-order valence-corrected chi connectivity index (χ2v) is 9.78. The molecular weight excluding hydrogens is 293 g/mol. The van der Waals surface area contributed by atoms with Crippen molar-refractivity contribution in [3.8, 4) is 0 Å². The van der Waals surface area contributed by atoms with Crippen LogP contribution < -0.4 is 0 Å². The van der Waals surface area contributed by atoms with Crippen LogP contribution in [0, 0.1) is 11.8 Å². The van der Waals surface area contributed by atoms with Gasteiger partial charge in [-0.25, -0.2) is 4.79 Å². The summed E-state index contributed by atoms with van der Waals surface area (Å²) < 4.78 is 13.4. The van der Waals surface area contributed by atoms with Crippen molar-refractivity contribution in [1.82, 2.24) is 0 Å². The Hall–Kier alpha value is -0.390. The summed E-state index contributed by atoms with van der Waals surface area (Å²) in [6.45, 7) is 8.76. The summed E-state index contributed by atoms with van der Waals surface area (Å²) in [5.74, 6) is 1.02. The SMILES string of the molecule is CCCCC(CC)CP(=O)(CN=C=O)CC(CC)CCCC. The van der Waals surface area contributed by atoms with Crippen LogP contribution in [-0.2, 0) is 9.36 Å². The molecule has 0 aromatic carbocycles. The maximum Gasteiger partial charge on any atom is 0.235 e. The van der Waals surface area contributed by atoms with Crippen molar-refractivity contribution in [2.45, 2.75) is 79.1 Å². The third-order valence-corrected chi connectivity index (χ3v) is 7.68. The number of aliphatic imine (C=N–C) groups is 1. The molecule has 0 aromatic rings. The highest BCUT2D eigenvalue weighted by Crippen LogP contribution is 2.51. The van der Waals surface area contributed by atoms with Gasteiger partial charge in [0.05, 0.1) is 0 Å². The number of hydrogen-bond donors (Lipinski definition) is 0. The quantitative estimate of drug-likeness (QED) is 0.220. The van der Waals surface area contributed by atoms with Crippen molar-refractivity contribution in [3.63, 3.8) is 0 Å². The first-order valence-electron chi connectivity index (χ1n) is 9.15. The van der Waals surface area contributed by atoms with Crippen LogP contribution >= 0.6 is 7.14 Å². The van der Waals surface area contributed by atoms with Gasteiger partial charge in [0.2, 0.25) is 6.08 Å². The topological polar surface area (TPSA) is 46.5 Å². The van der Waals surface area contributed by atoms with Crippen molar-refractivity contribution >= 4 is 13.2 Å². The first kappa shape index (κ1) is 21.6. The number of hydrogen-bond acceptors (Lipinski definition) is 3. The van der Waals surface area contributed by atoms with E-state index in [2.05, 4.69) is 32.7 Å². The van der Waals surface area contributed by atoms with Crippen LogP contribution in [0.1, 0.15) is 79.1 Å². The zero-order valence-electron chi connectivity index (χ0n) is 15.1. The van der Waals surface area contributed by atoms with Crippen molar-refractivity contribution in [2.24, 2.45) is 16.8 Å². The van der Waals surface area contributed by atoms with Crippen LogP contribution in [0.2, 0.25) is 0 Å². The molecule has 2 atom stereocenters. The van der Waals surface area contributed by atoms with Crippen LogP contribution in [0.25, 0.3) is 0 Å². The van der Waals surface area contributed by atoms with Gasteiger partial charge in [-0.1, -0.05) is 79.1 Å². The molecule has 0 spiro atoms. The summed E-state index contributed by atoms with van der Waals surface area (Å²) in [4.78, 5) is 14.2. The lowest BCUT2D eigenvalue weighted by molar-refractivity contribution is 0.462. The number of carbonyl (C=O) groups excluding carboxylic acids is 1. The molecule has 0 aliphatic heterocycles. The second-order valence-electron chi connectivity index (χ2n) is 6.65. The Labute approximate surface area is 137 Å². The first-order chi connectivity index (χ1) is 10.5. The van der Waals surface area contributed by atoms with E-state index >= 15 is 0 Å². The molecule has 0 heterocycles. The molecule has 0 fully saturated rings. The normalized spacial score (nSPS) is 16.5. The zero-order chi connectivity index (χ0) is 16.8. The lowest BCUT2D eigenvalue weighted by Crippen LogP contribution is -2.14. The van der Waals surface area contributed by atoms with Crippen LogP contribution in [-0.4, -0.2) is 24.7 Å². The minimum Gasteiger partial charge on any atom is -0.322 e. The average molecular weight is 329 g/mol. The summed E-state index contributed by atoms with van der Waals surface area (Å²) >= 11 is 0. The Bertz CT molecular complexity index is 342. The van der Waals surface area contributed by atoms with E-state index in [1.807, 2.05) is 0 Å². The van der Waals surface area contributed by atoms with Crippen LogP contribution in [0.4, 0.5) is 0 Å². The average Bonchev–Trinajstić information content (AvgIpc) is 2.53. The Morgan fingerprint density at radius 2 is 1.36 bits per heavy atom. The van der Waals surface area contributed by atoms with E-state index in [4.69, 9.17) is 0 Å². The molecule has 0 amide bonds. The molecule has 22 heavy (non-hydrogen) atoms. The van der Waals surface area contributed by atoms with Crippen LogP contribution in [0.5, 0.6) is 0 Å². The lowest BCUT2D eigenvalue weighted by atomic mass is 10.0. The van der Waals surface area contributed by atoms with Crippen molar-refractivity contribution < 1.29 is 9.36 Å². The Morgan fingerprint density at radius 3 is 1.68 bits per heavy atom. The molecule has 3 nitrogen and oxygen atoms in total. The van der Waals surface area contributed by atoms with Gasteiger partial charge < -0.3 is 4.57 Å². The predicted molar refractivity (Wildman–Crippen MR) is 96.9 cm³/mol. The second kappa shape index (κ2) is 13.1.